The number of hydrogen-bond donors (Lipinski definition) is 3. The van der Waals surface area contributed by atoms with Gasteiger partial charge in [-0.1, -0.05) is 17.8 Å². The molecule has 0 saturated heterocycles. The first-order valence-electron chi connectivity index (χ1n) is 8.25. The Kier molecular flexibility index (Phi) is 7.43. The van der Waals surface area contributed by atoms with Crippen molar-refractivity contribution in [3.05, 3.63) is 30.1 Å². The molecule has 1 heterocycles. The van der Waals surface area contributed by atoms with E-state index in [2.05, 4.69) is 10.2 Å². The van der Waals surface area contributed by atoms with Crippen LogP contribution in [-0.2, 0) is 11.3 Å². The van der Waals surface area contributed by atoms with E-state index in [1.54, 1.807) is 7.11 Å². The number of carbonyl (C=O) groups is 1. The van der Waals surface area contributed by atoms with Crippen LogP contribution < -0.4 is 10.5 Å². The molecule has 1 aliphatic rings. The summed E-state index contributed by atoms with van der Waals surface area (Å²) in [7, 11) is 1.64. The number of aliphatic carboxylic acids is 1. The van der Waals surface area contributed by atoms with E-state index in [0.29, 0.717) is 24.0 Å². The van der Waals surface area contributed by atoms with Gasteiger partial charge in [0.15, 0.2) is 11.0 Å². The molecule has 1 saturated carbocycles. The molecule has 1 fully saturated rings. The van der Waals surface area contributed by atoms with E-state index in [0.717, 1.165) is 36.4 Å². The average Bonchev–Trinajstić information content (AvgIpc) is 3.39. The van der Waals surface area contributed by atoms with Crippen LogP contribution in [0, 0.1) is 5.92 Å². The Morgan fingerprint density at radius 3 is 2.73 bits per heavy atom. The Hall–Kier alpha value is -2.10. The molecular formula is C17H24N4O4S. The number of nitrogens with two attached hydrogens (primary N) is 1. The molecule has 26 heavy (non-hydrogen) atoms. The van der Waals surface area contributed by atoms with Crippen molar-refractivity contribution in [2.45, 2.75) is 37.6 Å². The average molecular weight is 380 g/mol. The van der Waals surface area contributed by atoms with E-state index >= 15 is 0 Å². The van der Waals surface area contributed by atoms with Crippen molar-refractivity contribution in [1.29, 1.82) is 0 Å². The number of hydrogen-bond acceptors (Lipinski definition) is 7. The van der Waals surface area contributed by atoms with Crippen LogP contribution in [-0.4, -0.2) is 49.9 Å². The second-order valence-corrected chi connectivity index (χ2v) is 6.86. The molecule has 1 unspecified atom stereocenters. The third-order valence-electron chi connectivity index (χ3n) is 3.74. The quantitative estimate of drug-likeness (QED) is 0.620. The van der Waals surface area contributed by atoms with Gasteiger partial charge in [-0.3, -0.25) is 9.36 Å². The molecule has 1 aromatic carbocycles. The molecule has 0 amide bonds. The second kappa shape index (κ2) is 9.56. The van der Waals surface area contributed by atoms with Gasteiger partial charge in [-0.05, 0) is 30.9 Å². The number of aliphatic hydroxyl groups excluding tert-OH is 1. The van der Waals surface area contributed by atoms with Crippen LogP contribution in [0.5, 0.6) is 5.75 Å². The molecule has 142 valence electrons. The van der Waals surface area contributed by atoms with Crippen molar-refractivity contribution in [3.8, 4) is 11.4 Å². The third kappa shape index (κ3) is 5.72. The summed E-state index contributed by atoms with van der Waals surface area (Å²) >= 11 is 1.51. The Morgan fingerprint density at radius 1 is 1.46 bits per heavy atom. The Balaban J connectivity index is 0.000000552. The Bertz CT molecular complexity index is 729. The molecule has 8 nitrogen and oxygen atoms in total. The van der Waals surface area contributed by atoms with E-state index in [9.17, 15) is 5.11 Å². The Labute approximate surface area is 156 Å². The molecule has 0 spiro atoms. The molecule has 3 rings (SSSR count). The lowest BCUT2D eigenvalue weighted by Crippen LogP contribution is -2.13. The van der Waals surface area contributed by atoms with Crippen LogP contribution in [0.25, 0.3) is 5.69 Å². The first kappa shape index (κ1) is 20.2. The lowest BCUT2D eigenvalue weighted by atomic mass is 10.3. The van der Waals surface area contributed by atoms with Crippen molar-refractivity contribution >= 4 is 17.7 Å². The van der Waals surface area contributed by atoms with Crippen LogP contribution >= 0.6 is 11.8 Å². The zero-order chi connectivity index (χ0) is 19.1. The predicted octanol–water partition coefficient (Wildman–Crippen LogP) is 1.69. The number of rotatable bonds is 7. The van der Waals surface area contributed by atoms with Gasteiger partial charge in [-0.15, -0.1) is 10.2 Å². The topological polar surface area (TPSA) is 123 Å². The number of benzene rings is 1. The minimum absolute atomic E-state index is 0.276. The number of ether oxygens (including phenoxy) is 1. The molecule has 0 bridgehead atoms. The number of aliphatic hydroxyl groups is 1. The number of nitrogens with zero attached hydrogens (tertiary/aromatic N) is 3. The van der Waals surface area contributed by atoms with Crippen molar-refractivity contribution in [2.75, 3.05) is 12.9 Å². The maximum atomic E-state index is 10.0. The SMILES string of the molecule is CC(=O)O.COc1cccc(-n2c(CN)nnc2SCC(O)C2CC2)c1. The lowest BCUT2D eigenvalue weighted by Gasteiger charge is -2.12. The lowest BCUT2D eigenvalue weighted by molar-refractivity contribution is -0.134. The van der Waals surface area contributed by atoms with Crippen LogP contribution in [0.15, 0.2) is 29.4 Å². The van der Waals surface area contributed by atoms with Gasteiger partial charge in [0.2, 0.25) is 0 Å². The number of methoxy groups -OCH3 is 1. The highest BCUT2D eigenvalue weighted by Crippen LogP contribution is 2.35. The van der Waals surface area contributed by atoms with Gasteiger partial charge in [-0.2, -0.15) is 0 Å². The molecule has 4 N–H and O–H groups in total. The molecule has 1 aromatic heterocycles. The highest BCUT2D eigenvalue weighted by Gasteiger charge is 2.30. The van der Waals surface area contributed by atoms with Gasteiger partial charge in [-0.25, -0.2) is 0 Å². The van der Waals surface area contributed by atoms with Gasteiger partial charge in [0, 0.05) is 18.7 Å². The third-order valence-corrected chi connectivity index (χ3v) is 4.77. The van der Waals surface area contributed by atoms with E-state index < -0.39 is 5.97 Å². The maximum Gasteiger partial charge on any atom is 0.300 e. The fourth-order valence-corrected chi connectivity index (χ4v) is 3.34. The minimum Gasteiger partial charge on any atom is -0.497 e. The molecule has 2 aromatic rings. The smallest absolute Gasteiger partial charge is 0.300 e. The van der Waals surface area contributed by atoms with Crippen molar-refractivity contribution in [3.63, 3.8) is 0 Å². The first-order valence-corrected chi connectivity index (χ1v) is 9.24. The van der Waals surface area contributed by atoms with E-state index in [-0.39, 0.29) is 6.10 Å². The minimum atomic E-state index is -0.833. The number of carboxylic acid groups (broad SMARTS) is 1. The van der Waals surface area contributed by atoms with Gasteiger partial charge in [0.25, 0.3) is 5.97 Å². The molecule has 0 aliphatic heterocycles. The molecule has 1 aliphatic carbocycles. The zero-order valence-corrected chi connectivity index (χ0v) is 15.6. The molecule has 9 heteroatoms. The summed E-state index contributed by atoms with van der Waals surface area (Å²) < 4.78 is 7.20. The molecule has 1 atom stereocenters. The summed E-state index contributed by atoms with van der Waals surface area (Å²) in [5.74, 6) is 1.70. The maximum absolute atomic E-state index is 10.0. The van der Waals surface area contributed by atoms with Gasteiger partial charge in [0.1, 0.15) is 5.75 Å². The summed E-state index contributed by atoms with van der Waals surface area (Å²) in [5, 5.41) is 26.6. The standard InChI is InChI=1S/C15H20N4O2S.C2H4O2/c1-21-12-4-2-3-11(7-12)19-14(8-16)17-18-15(19)22-9-13(20)10-5-6-10;1-2(3)4/h2-4,7,10,13,20H,5-6,8-9,16H2,1H3;1H3,(H,3,4). The van der Waals surface area contributed by atoms with Crippen molar-refractivity contribution in [2.24, 2.45) is 11.7 Å². The van der Waals surface area contributed by atoms with Crippen LogP contribution in [0.2, 0.25) is 0 Å². The number of carboxylic acids is 1. The van der Waals surface area contributed by atoms with E-state index in [1.165, 1.54) is 11.8 Å². The fraction of sp³-hybridized carbons (Fsp3) is 0.471. The van der Waals surface area contributed by atoms with Crippen LogP contribution in [0.1, 0.15) is 25.6 Å². The summed E-state index contributed by atoms with van der Waals surface area (Å²) in [6.45, 7) is 1.38. The highest BCUT2D eigenvalue weighted by molar-refractivity contribution is 7.99. The second-order valence-electron chi connectivity index (χ2n) is 5.87. The highest BCUT2D eigenvalue weighted by atomic mass is 32.2. The van der Waals surface area contributed by atoms with Crippen molar-refractivity contribution in [1.82, 2.24) is 14.8 Å². The number of aromatic nitrogens is 3. The van der Waals surface area contributed by atoms with Crippen molar-refractivity contribution < 1.29 is 19.7 Å². The Morgan fingerprint density at radius 2 is 2.15 bits per heavy atom. The largest absolute Gasteiger partial charge is 0.497 e. The molecular weight excluding hydrogens is 356 g/mol. The summed E-state index contributed by atoms with van der Waals surface area (Å²) in [5.41, 5.74) is 6.68. The fourth-order valence-electron chi connectivity index (χ4n) is 2.31. The van der Waals surface area contributed by atoms with Gasteiger partial charge in [0.05, 0.1) is 25.4 Å². The van der Waals surface area contributed by atoms with Gasteiger partial charge < -0.3 is 20.7 Å². The van der Waals surface area contributed by atoms with Gasteiger partial charge >= 0.3 is 0 Å². The van der Waals surface area contributed by atoms with Crippen LogP contribution in [0.3, 0.4) is 0 Å². The zero-order valence-electron chi connectivity index (χ0n) is 14.8. The predicted molar refractivity (Wildman–Crippen MR) is 98.6 cm³/mol. The first-order chi connectivity index (χ1) is 12.5. The monoisotopic (exact) mass is 380 g/mol. The normalized spacial score (nSPS) is 14.3. The number of thioether (sulfide) groups is 1. The summed E-state index contributed by atoms with van der Waals surface area (Å²) in [4.78, 5) is 9.00. The van der Waals surface area contributed by atoms with E-state index in [4.69, 9.17) is 20.4 Å². The summed E-state index contributed by atoms with van der Waals surface area (Å²) in [6.07, 6.45) is 1.97. The summed E-state index contributed by atoms with van der Waals surface area (Å²) in [6, 6.07) is 7.69. The van der Waals surface area contributed by atoms with E-state index in [1.807, 2.05) is 28.8 Å². The van der Waals surface area contributed by atoms with Crippen LogP contribution in [0.4, 0.5) is 0 Å². The molecule has 0 radical (unpaired) electrons.